The summed E-state index contributed by atoms with van der Waals surface area (Å²) in [5.74, 6) is 0. The predicted octanol–water partition coefficient (Wildman–Crippen LogP) is 2.69. The van der Waals surface area contributed by atoms with Gasteiger partial charge in [-0.1, -0.05) is 18.2 Å². The molecule has 3 nitrogen and oxygen atoms in total. The minimum Gasteiger partial charge on any atom is -0.399 e. The van der Waals surface area contributed by atoms with Crippen LogP contribution in [0.1, 0.15) is 16.8 Å². The maximum Gasteiger partial charge on any atom is 0.0895 e. The first-order valence-corrected chi connectivity index (χ1v) is 5.58. The second-order valence-corrected chi connectivity index (χ2v) is 4.00. The van der Waals surface area contributed by atoms with Crippen LogP contribution in [0.5, 0.6) is 0 Å². The van der Waals surface area contributed by atoms with Crippen LogP contribution in [0.2, 0.25) is 0 Å². The van der Waals surface area contributed by atoms with Gasteiger partial charge in [-0.2, -0.15) is 0 Å². The monoisotopic (exact) mass is 228 g/mol. The molecule has 0 amide bonds. The molecule has 1 aromatic heterocycles. The Hall–Kier alpha value is -1.87. The van der Waals surface area contributed by atoms with Gasteiger partial charge >= 0.3 is 0 Å². The molecule has 1 heterocycles. The Bertz CT molecular complexity index is 480. The van der Waals surface area contributed by atoms with Gasteiger partial charge < -0.3 is 10.5 Å². The number of pyridine rings is 1. The van der Waals surface area contributed by atoms with Crippen LogP contribution in [-0.4, -0.2) is 4.98 Å². The number of benzene rings is 1. The first kappa shape index (κ1) is 11.6. The largest absolute Gasteiger partial charge is 0.399 e. The Kier molecular flexibility index (Phi) is 3.73. The number of aryl methyl sites for hydroxylation is 1. The van der Waals surface area contributed by atoms with Crippen LogP contribution < -0.4 is 5.73 Å². The number of aromatic nitrogens is 1. The zero-order chi connectivity index (χ0) is 12.1. The molecule has 0 atom stereocenters. The van der Waals surface area contributed by atoms with Crippen LogP contribution >= 0.6 is 0 Å². The first-order chi connectivity index (χ1) is 8.25. The summed E-state index contributed by atoms with van der Waals surface area (Å²) in [6.07, 6.45) is 1.79. The molecular weight excluding hydrogens is 212 g/mol. The van der Waals surface area contributed by atoms with Crippen LogP contribution in [0.4, 0.5) is 5.69 Å². The van der Waals surface area contributed by atoms with Gasteiger partial charge in [0.15, 0.2) is 0 Å². The van der Waals surface area contributed by atoms with Crippen LogP contribution in [0, 0.1) is 6.92 Å². The molecule has 0 saturated carbocycles. The number of rotatable bonds is 4. The van der Waals surface area contributed by atoms with Gasteiger partial charge in [0.2, 0.25) is 0 Å². The quantitative estimate of drug-likeness (QED) is 0.818. The van der Waals surface area contributed by atoms with Crippen LogP contribution in [-0.2, 0) is 18.0 Å². The second-order valence-electron chi connectivity index (χ2n) is 4.00. The SMILES string of the molecule is Cc1cccnc1COCc1ccc(N)cc1. The first-order valence-electron chi connectivity index (χ1n) is 5.58. The van der Waals surface area contributed by atoms with Crippen molar-refractivity contribution in [3.8, 4) is 0 Å². The van der Waals surface area contributed by atoms with Crippen molar-refractivity contribution in [1.29, 1.82) is 0 Å². The summed E-state index contributed by atoms with van der Waals surface area (Å²) in [5, 5.41) is 0. The predicted molar refractivity (Wildman–Crippen MR) is 68.3 cm³/mol. The lowest BCUT2D eigenvalue weighted by molar-refractivity contribution is 0.104. The molecule has 2 rings (SSSR count). The van der Waals surface area contributed by atoms with Crippen molar-refractivity contribution < 1.29 is 4.74 Å². The number of ether oxygens (including phenoxy) is 1. The minimum absolute atomic E-state index is 0.539. The average molecular weight is 228 g/mol. The molecule has 0 aliphatic carbocycles. The topological polar surface area (TPSA) is 48.1 Å². The summed E-state index contributed by atoms with van der Waals surface area (Å²) < 4.78 is 5.62. The smallest absolute Gasteiger partial charge is 0.0895 e. The van der Waals surface area contributed by atoms with Gasteiger partial charge in [0.25, 0.3) is 0 Å². The highest BCUT2D eigenvalue weighted by Gasteiger charge is 1.99. The molecule has 0 bridgehead atoms. The molecule has 2 aromatic rings. The molecule has 0 aliphatic heterocycles. The van der Waals surface area contributed by atoms with E-state index >= 15 is 0 Å². The number of nitrogens with two attached hydrogens (primary N) is 1. The van der Waals surface area contributed by atoms with Crippen molar-refractivity contribution in [2.24, 2.45) is 0 Å². The molecular formula is C14H16N2O. The van der Waals surface area contributed by atoms with E-state index in [1.165, 1.54) is 0 Å². The van der Waals surface area contributed by atoms with Crippen molar-refractivity contribution in [2.75, 3.05) is 5.73 Å². The summed E-state index contributed by atoms with van der Waals surface area (Å²) >= 11 is 0. The molecule has 0 unspecified atom stereocenters. The molecule has 2 N–H and O–H groups in total. The van der Waals surface area contributed by atoms with E-state index in [1.807, 2.05) is 43.3 Å². The highest BCUT2D eigenvalue weighted by Crippen LogP contribution is 2.09. The summed E-state index contributed by atoms with van der Waals surface area (Å²) in [4.78, 5) is 4.28. The van der Waals surface area contributed by atoms with Gasteiger partial charge in [0.1, 0.15) is 0 Å². The van der Waals surface area contributed by atoms with E-state index in [0.717, 1.165) is 22.5 Å². The van der Waals surface area contributed by atoms with E-state index in [2.05, 4.69) is 4.98 Å². The summed E-state index contributed by atoms with van der Waals surface area (Å²) in [5.41, 5.74) is 9.65. The molecule has 17 heavy (non-hydrogen) atoms. The number of nitrogen functional groups attached to an aromatic ring is 1. The average Bonchev–Trinajstić information content (AvgIpc) is 2.34. The van der Waals surface area contributed by atoms with Crippen molar-refractivity contribution in [3.63, 3.8) is 0 Å². The third kappa shape index (κ3) is 3.29. The zero-order valence-corrected chi connectivity index (χ0v) is 9.89. The number of hydrogen-bond donors (Lipinski definition) is 1. The molecule has 3 heteroatoms. The van der Waals surface area contributed by atoms with E-state index in [0.29, 0.717) is 13.2 Å². The van der Waals surface area contributed by atoms with Crippen LogP contribution in [0.15, 0.2) is 42.6 Å². The van der Waals surface area contributed by atoms with E-state index in [4.69, 9.17) is 10.5 Å². The Morgan fingerprint density at radius 3 is 2.59 bits per heavy atom. The fraction of sp³-hybridized carbons (Fsp3) is 0.214. The molecule has 0 radical (unpaired) electrons. The number of hydrogen-bond acceptors (Lipinski definition) is 3. The fourth-order valence-electron chi connectivity index (χ4n) is 1.55. The van der Waals surface area contributed by atoms with E-state index in [-0.39, 0.29) is 0 Å². The Morgan fingerprint density at radius 2 is 1.88 bits per heavy atom. The molecule has 0 spiro atoms. The number of anilines is 1. The Labute approximate surface area is 101 Å². The van der Waals surface area contributed by atoms with Gasteiger partial charge in [0.05, 0.1) is 18.9 Å². The molecule has 0 aliphatic rings. The summed E-state index contributed by atoms with van der Waals surface area (Å²) in [6.45, 7) is 3.16. The van der Waals surface area contributed by atoms with Gasteiger partial charge in [0, 0.05) is 11.9 Å². The van der Waals surface area contributed by atoms with E-state index < -0.39 is 0 Å². The molecule has 0 saturated heterocycles. The van der Waals surface area contributed by atoms with Crippen molar-refractivity contribution in [2.45, 2.75) is 20.1 Å². The third-order valence-electron chi connectivity index (χ3n) is 2.61. The lowest BCUT2D eigenvalue weighted by Gasteiger charge is -2.06. The van der Waals surface area contributed by atoms with E-state index in [1.54, 1.807) is 6.20 Å². The van der Waals surface area contributed by atoms with Crippen molar-refractivity contribution in [3.05, 3.63) is 59.4 Å². The maximum absolute atomic E-state index is 5.62. The zero-order valence-electron chi connectivity index (χ0n) is 9.89. The Balaban J connectivity index is 1.88. The van der Waals surface area contributed by atoms with Crippen LogP contribution in [0.3, 0.4) is 0 Å². The molecule has 0 fully saturated rings. The van der Waals surface area contributed by atoms with Crippen molar-refractivity contribution >= 4 is 5.69 Å². The minimum atomic E-state index is 0.539. The second kappa shape index (κ2) is 5.46. The normalized spacial score (nSPS) is 10.4. The van der Waals surface area contributed by atoms with Gasteiger partial charge in [-0.3, -0.25) is 4.98 Å². The summed E-state index contributed by atoms with van der Waals surface area (Å²) in [7, 11) is 0. The standard InChI is InChI=1S/C14H16N2O/c1-11-3-2-8-16-14(11)10-17-9-12-4-6-13(15)7-5-12/h2-8H,9-10,15H2,1H3. The maximum atomic E-state index is 5.62. The highest BCUT2D eigenvalue weighted by molar-refractivity contribution is 5.39. The summed E-state index contributed by atoms with van der Waals surface area (Å²) in [6, 6.07) is 11.7. The van der Waals surface area contributed by atoms with Gasteiger partial charge in [-0.25, -0.2) is 0 Å². The highest BCUT2D eigenvalue weighted by atomic mass is 16.5. The lowest BCUT2D eigenvalue weighted by Crippen LogP contribution is -1.98. The third-order valence-corrected chi connectivity index (χ3v) is 2.61. The Morgan fingerprint density at radius 1 is 1.12 bits per heavy atom. The molecule has 1 aromatic carbocycles. The lowest BCUT2D eigenvalue weighted by atomic mass is 10.2. The van der Waals surface area contributed by atoms with E-state index in [9.17, 15) is 0 Å². The number of nitrogens with zero attached hydrogens (tertiary/aromatic N) is 1. The fourth-order valence-corrected chi connectivity index (χ4v) is 1.55. The van der Waals surface area contributed by atoms with Gasteiger partial charge in [-0.05, 0) is 36.2 Å². The molecule has 88 valence electrons. The van der Waals surface area contributed by atoms with Crippen LogP contribution in [0.25, 0.3) is 0 Å². The van der Waals surface area contributed by atoms with Gasteiger partial charge in [-0.15, -0.1) is 0 Å². The van der Waals surface area contributed by atoms with Crippen molar-refractivity contribution in [1.82, 2.24) is 4.98 Å².